The summed E-state index contributed by atoms with van der Waals surface area (Å²) in [6.07, 6.45) is 5.96. The predicted molar refractivity (Wildman–Crippen MR) is 59.2 cm³/mol. The van der Waals surface area contributed by atoms with E-state index in [-0.39, 0.29) is 0 Å². The molecule has 80 valence electrons. The molecule has 0 aromatic heterocycles. The van der Waals surface area contributed by atoms with E-state index in [1.54, 1.807) is 0 Å². The van der Waals surface area contributed by atoms with Gasteiger partial charge in [-0.15, -0.1) is 0 Å². The normalized spacial score (nSPS) is 36.6. The van der Waals surface area contributed by atoms with Gasteiger partial charge in [0.1, 0.15) is 0 Å². The fraction of sp³-hybridized carbons (Fsp3) is 1.00. The van der Waals surface area contributed by atoms with Crippen molar-refractivity contribution < 1.29 is 0 Å². The molecule has 1 unspecified atom stereocenters. The van der Waals surface area contributed by atoms with Gasteiger partial charge in [0, 0.05) is 19.1 Å². The SMILES string of the molecule is CC(C)(C)C1CCC12CN(C1CC1)C2. The highest BCUT2D eigenvalue weighted by atomic mass is 15.3. The molecule has 1 atom stereocenters. The van der Waals surface area contributed by atoms with Gasteiger partial charge in [0.25, 0.3) is 0 Å². The number of hydrogen-bond donors (Lipinski definition) is 0. The Morgan fingerprint density at radius 3 is 2.07 bits per heavy atom. The van der Waals surface area contributed by atoms with E-state index in [2.05, 4.69) is 25.7 Å². The van der Waals surface area contributed by atoms with E-state index in [1.807, 2.05) is 0 Å². The average molecular weight is 193 g/mol. The lowest BCUT2D eigenvalue weighted by Crippen LogP contribution is -2.67. The van der Waals surface area contributed by atoms with Gasteiger partial charge in [0.2, 0.25) is 0 Å². The Kier molecular flexibility index (Phi) is 1.68. The minimum atomic E-state index is 0.549. The lowest BCUT2D eigenvalue weighted by atomic mass is 9.49. The number of hydrogen-bond acceptors (Lipinski definition) is 1. The topological polar surface area (TPSA) is 3.24 Å². The Labute approximate surface area is 87.9 Å². The zero-order valence-electron chi connectivity index (χ0n) is 9.84. The number of nitrogens with zero attached hydrogens (tertiary/aromatic N) is 1. The van der Waals surface area contributed by atoms with Gasteiger partial charge in [-0.3, -0.25) is 4.90 Å². The highest BCUT2D eigenvalue weighted by Gasteiger charge is 2.59. The van der Waals surface area contributed by atoms with Crippen molar-refractivity contribution in [2.45, 2.75) is 52.5 Å². The average Bonchev–Trinajstić information content (AvgIpc) is 2.59. The zero-order valence-corrected chi connectivity index (χ0v) is 9.84. The van der Waals surface area contributed by atoms with E-state index in [4.69, 9.17) is 0 Å². The zero-order chi connectivity index (χ0) is 9.97. The van der Waals surface area contributed by atoms with Crippen LogP contribution < -0.4 is 0 Å². The largest absolute Gasteiger partial charge is 0.299 e. The first-order chi connectivity index (χ1) is 6.51. The van der Waals surface area contributed by atoms with Crippen LogP contribution in [0, 0.1) is 16.7 Å². The second-order valence-electron chi connectivity index (χ2n) is 6.96. The fourth-order valence-electron chi connectivity index (χ4n) is 3.89. The quantitative estimate of drug-likeness (QED) is 0.619. The summed E-state index contributed by atoms with van der Waals surface area (Å²) in [5.41, 5.74) is 1.31. The molecule has 1 spiro atoms. The first kappa shape index (κ1) is 9.21. The molecule has 0 bridgehead atoms. The van der Waals surface area contributed by atoms with E-state index < -0.39 is 0 Å². The number of rotatable bonds is 1. The Bertz CT molecular complexity index is 240. The molecular formula is C13H23N. The van der Waals surface area contributed by atoms with Crippen molar-refractivity contribution in [1.82, 2.24) is 4.90 Å². The molecule has 1 heterocycles. The Balaban J connectivity index is 1.64. The molecule has 1 heteroatoms. The van der Waals surface area contributed by atoms with E-state index in [0.717, 1.165) is 17.4 Å². The molecule has 3 aliphatic rings. The monoisotopic (exact) mass is 193 g/mol. The van der Waals surface area contributed by atoms with Crippen molar-refractivity contribution in [3.8, 4) is 0 Å². The molecule has 3 fully saturated rings. The molecule has 0 radical (unpaired) electrons. The lowest BCUT2D eigenvalue weighted by molar-refractivity contribution is -0.154. The van der Waals surface area contributed by atoms with Crippen LogP contribution in [0.25, 0.3) is 0 Å². The van der Waals surface area contributed by atoms with Gasteiger partial charge in [-0.1, -0.05) is 20.8 Å². The predicted octanol–water partition coefficient (Wildman–Crippen LogP) is 2.91. The van der Waals surface area contributed by atoms with Gasteiger partial charge in [-0.25, -0.2) is 0 Å². The maximum Gasteiger partial charge on any atom is 0.00969 e. The van der Waals surface area contributed by atoms with E-state index in [1.165, 1.54) is 38.8 Å². The highest BCUT2D eigenvalue weighted by Crippen LogP contribution is 2.60. The smallest absolute Gasteiger partial charge is 0.00969 e. The summed E-state index contributed by atoms with van der Waals surface area (Å²) >= 11 is 0. The van der Waals surface area contributed by atoms with Crippen molar-refractivity contribution in [2.75, 3.05) is 13.1 Å². The lowest BCUT2D eigenvalue weighted by Gasteiger charge is -2.64. The molecule has 0 amide bonds. The number of likely N-dealkylation sites (tertiary alicyclic amines) is 1. The third kappa shape index (κ3) is 1.18. The van der Waals surface area contributed by atoms with Crippen LogP contribution >= 0.6 is 0 Å². The Morgan fingerprint density at radius 1 is 1.07 bits per heavy atom. The van der Waals surface area contributed by atoms with E-state index in [9.17, 15) is 0 Å². The van der Waals surface area contributed by atoms with Crippen LogP contribution in [0.3, 0.4) is 0 Å². The molecule has 14 heavy (non-hydrogen) atoms. The summed E-state index contributed by atoms with van der Waals surface area (Å²) in [7, 11) is 0. The first-order valence-corrected chi connectivity index (χ1v) is 6.25. The minimum Gasteiger partial charge on any atom is -0.299 e. The van der Waals surface area contributed by atoms with E-state index >= 15 is 0 Å². The molecule has 2 aliphatic carbocycles. The fourth-order valence-corrected chi connectivity index (χ4v) is 3.89. The molecule has 0 aromatic rings. The molecule has 1 nitrogen and oxygen atoms in total. The van der Waals surface area contributed by atoms with Gasteiger partial charge >= 0.3 is 0 Å². The van der Waals surface area contributed by atoms with Gasteiger partial charge in [0.05, 0.1) is 0 Å². The summed E-state index contributed by atoms with van der Waals surface area (Å²) in [6.45, 7) is 10.1. The second-order valence-corrected chi connectivity index (χ2v) is 6.96. The van der Waals surface area contributed by atoms with Crippen LogP contribution in [0.5, 0.6) is 0 Å². The summed E-state index contributed by atoms with van der Waals surface area (Å²) in [4.78, 5) is 2.73. The Hall–Kier alpha value is -0.0400. The summed E-state index contributed by atoms with van der Waals surface area (Å²) in [5.74, 6) is 1.00. The third-order valence-corrected chi connectivity index (χ3v) is 4.81. The van der Waals surface area contributed by atoms with Gasteiger partial charge in [0.15, 0.2) is 0 Å². The molecular weight excluding hydrogens is 170 g/mol. The van der Waals surface area contributed by atoms with Crippen molar-refractivity contribution in [2.24, 2.45) is 16.7 Å². The second kappa shape index (κ2) is 2.55. The van der Waals surface area contributed by atoms with Crippen molar-refractivity contribution in [1.29, 1.82) is 0 Å². The molecule has 3 rings (SSSR count). The Morgan fingerprint density at radius 2 is 1.71 bits per heavy atom. The highest BCUT2D eigenvalue weighted by molar-refractivity contribution is 5.11. The maximum atomic E-state index is 2.73. The van der Waals surface area contributed by atoms with Crippen LogP contribution in [-0.4, -0.2) is 24.0 Å². The van der Waals surface area contributed by atoms with Crippen LogP contribution in [0.2, 0.25) is 0 Å². The van der Waals surface area contributed by atoms with Crippen LogP contribution in [0.1, 0.15) is 46.5 Å². The minimum absolute atomic E-state index is 0.549. The van der Waals surface area contributed by atoms with Gasteiger partial charge < -0.3 is 0 Å². The van der Waals surface area contributed by atoms with Gasteiger partial charge in [-0.05, 0) is 42.4 Å². The molecule has 2 saturated carbocycles. The molecule has 0 aromatic carbocycles. The van der Waals surface area contributed by atoms with Crippen molar-refractivity contribution >= 4 is 0 Å². The van der Waals surface area contributed by atoms with Crippen LogP contribution in [0.4, 0.5) is 0 Å². The first-order valence-electron chi connectivity index (χ1n) is 6.25. The van der Waals surface area contributed by atoms with Crippen LogP contribution in [0.15, 0.2) is 0 Å². The molecule has 0 N–H and O–H groups in total. The third-order valence-electron chi connectivity index (χ3n) is 4.81. The van der Waals surface area contributed by atoms with E-state index in [0.29, 0.717) is 5.41 Å². The van der Waals surface area contributed by atoms with Crippen molar-refractivity contribution in [3.63, 3.8) is 0 Å². The maximum absolute atomic E-state index is 2.73. The summed E-state index contributed by atoms with van der Waals surface area (Å²) < 4.78 is 0. The summed E-state index contributed by atoms with van der Waals surface area (Å²) in [6, 6.07) is 1.00. The van der Waals surface area contributed by atoms with Gasteiger partial charge in [-0.2, -0.15) is 0 Å². The molecule has 1 saturated heterocycles. The van der Waals surface area contributed by atoms with Crippen LogP contribution in [-0.2, 0) is 0 Å². The van der Waals surface area contributed by atoms with Crippen molar-refractivity contribution in [3.05, 3.63) is 0 Å². The summed E-state index contributed by atoms with van der Waals surface area (Å²) in [5, 5.41) is 0. The standard InChI is InChI=1S/C13H23N/c1-12(2,3)11-6-7-13(11)8-14(9-13)10-4-5-10/h10-11H,4-9H2,1-3H3. The molecule has 1 aliphatic heterocycles.